The number of aromatic nitrogens is 1. The number of Topliss-reactive ketones (excluding diaryl/α,β-unsaturated/α-hetero) is 1. The van der Waals surface area contributed by atoms with E-state index >= 15 is 0 Å². The Labute approximate surface area is 209 Å². The van der Waals surface area contributed by atoms with Crippen LogP contribution in [0.1, 0.15) is 40.6 Å². The number of rotatable bonds is 6. The Morgan fingerprint density at radius 3 is 2.75 bits per heavy atom. The van der Waals surface area contributed by atoms with Crippen molar-refractivity contribution in [2.45, 2.75) is 31.2 Å². The fourth-order valence-corrected chi connectivity index (χ4v) is 5.70. The van der Waals surface area contributed by atoms with Crippen LogP contribution in [0.25, 0.3) is 0 Å². The molecule has 2 atom stereocenters. The molecule has 0 radical (unpaired) electrons. The van der Waals surface area contributed by atoms with Crippen LogP contribution >= 0.6 is 11.3 Å². The normalized spacial score (nSPS) is 20.2. The number of hydroxylamine groups is 1. The summed E-state index contributed by atoms with van der Waals surface area (Å²) in [6.07, 6.45) is -3.21. The van der Waals surface area contributed by atoms with Crippen LogP contribution < -0.4 is 10.4 Å². The molecule has 17 heteroatoms. The van der Waals surface area contributed by atoms with Gasteiger partial charge in [-0.3, -0.25) is 10.0 Å². The topological polar surface area (TPSA) is 210 Å². The molecule has 1 fully saturated rings. The number of amides is 1. The average Bonchev–Trinajstić information content (AvgIpc) is 3.24. The minimum Gasteiger partial charge on any atom is -0.535 e. The summed E-state index contributed by atoms with van der Waals surface area (Å²) in [6, 6.07) is 4.43. The van der Waals surface area contributed by atoms with Crippen LogP contribution in [-0.4, -0.2) is 75.6 Å². The van der Waals surface area contributed by atoms with E-state index in [4.69, 9.17) is 15.1 Å². The van der Waals surface area contributed by atoms with Crippen LogP contribution in [-0.2, 0) is 26.2 Å². The molecule has 2 aliphatic heterocycles. The van der Waals surface area contributed by atoms with Crippen molar-refractivity contribution in [2.75, 3.05) is 18.8 Å². The molecule has 1 saturated heterocycles. The number of fused-ring (bicyclic) bond motifs is 1. The number of ether oxygens (including phenoxy) is 1. The molecule has 192 valence electrons. The number of para-hydroxylation sites is 1. The summed E-state index contributed by atoms with van der Waals surface area (Å²) < 4.78 is 35.5. The van der Waals surface area contributed by atoms with Crippen molar-refractivity contribution < 1.29 is 47.5 Å². The first-order chi connectivity index (χ1) is 17.0. The molecule has 0 aliphatic carbocycles. The minimum atomic E-state index is -4.54. The van der Waals surface area contributed by atoms with Gasteiger partial charge in [0.15, 0.2) is 10.9 Å². The largest absolute Gasteiger partial charge is 0.535 e. The average molecular weight is 540 g/mol. The Bertz CT molecular complexity index is 1300. The second-order valence-electron chi connectivity index (χ2n) is 8.10. The zero-order valence-electron chi connectivity index (χ0n) is 18.5. The van der Waals surface area contributed by atoms with Gasteiger partial charge in [0.05, 0.1) is 5.56 Å². The Hall–Kier alpha value is -3.25. The van der Waals surface area contributed by atoms with Gasteiger partial charge >= 0.3 is 29.4 Å². The lowest BCUT2D eigenvalue weighted by Gasteiger charge is -2.31. The lowest BCUT2D eigenvalue weighted by molar-refractivity contribution is -0.128. The molecule has 1 amide bonds. The van der Waals surface area contributed by atoms with Crippen LogP contribution in [0, 0.1) is 0 Å². The molecule has 1 aromatic heterocycles. The van der Waals surface area contributed by atoms with E-state index < -0.39 is 47.1 Å². The molecule has 0 bridgehead atoms. The number of hydrogen-bond acceptors (Lipinski definition) is 12. The Balaban J connectivity index is 1.55. The maximum Gasteiger partial charge on any atom is 0.526 e. The first-order valence-electron chi connectivity index (χ1n) is 10.6. The van der Waals surface area contributed by atoms with Gasteiger partial charge in [-0.2, -0.15) is 12.7 Å². The summed E-state index contributed by atoms with van der Waals surface area (Å²) in [7, 11) is -6.08. The number of thiazole rings is 1. The third-order valence-electron chi connectivity index (χ3n) is 5.69. The number of carbonyl (C=O) groups is 3. The number of carbonyl (C=O) groups excluding carboxylic acids is 2. The summed E-state index contributed by atoms with van der Waals surface area (Å²) in [4.78, 5) is 41.4. The van der Waals surface area contributed by atoms with E-state index in [1.54, 1.807) is 6.07 Å². The lowest BCUT2D eigenvalue weighted by Crippen LogP contribution is -2.51. The van der Waals surface area contributed by atoms with Crippen LogP contribution in [0.5, 0.6) is 5.75 Å². The van der Waals surface area contributed by atoms with Gasteiger partial charge in [-0.15, -0.1) is 11.3 Å². The molecule has 2 aromatic rings. The highest BCUT2D eigenvalue weighted by Crippen LogP contribution is 2.38. The lowest BCUT2D eigenvalue weighted by atomic mass is 9.64. The van der Waals surface area contributed by atoms with Gasteiger partial charge in [-0.25, -0.2) is 14.6 Å². The number of hydrogen-bond donors (Lipinski definition) is 4. The van der Waals surface area contributed by atoms with E-state index in [-0.39, 0.29) is 59.0 Å². The van der Waals surface area contributed by atoms with Crippen molar-refractivity contribution in [1.82, 2.24) is 13.8 Å². The first kappa shape index (κ1) is 25.8. The number of carboxylic acid groups (broad SMARTS) is 1. The molecule has 3 heterocycles. The predicted molar refractivity (Wildman–Crippen MR) is 124 cm³/mol. The molecular formula is C19H21BN4O10S2. The monoisotopic (exact) mass is 540 g/mol. The second-order valence-corrected chi connectivity index (χ2v) is 10.7. The van der Waals surface area contributed by atoms with Crippen molar-refractivity contribution in [3.05, 3.63) is 40.4 Å². The van der Waals surface area contributed by atoms with Gasteiger partial charge in [0.2, 0.25) is 6.10 Å². The van der Waals surface area contributed by atoms with E-state index in [9.17, 15) is 38.1 Å². The Morgan fingerprint density at radius 1 is 1.33 bits per heavy atom. The van der Waals surface area contributed by atoms with Crippen molar-refractivity contribution >= 4 is 51.6 Å². The van der Waals surface area contributed by atoms with E-state index in [1.807, 2.05) is 0 Å². The SMILES string of the molecule is Nc1nc(C(OC(=O)N2CCCN(O)S2(=O)=O)C(=O)C[C@H]2Cc3cccc(C(=O)O)c3OB2O)cs1. The van der Waals surface area contributed by atoms with E-state index in [0.29, 0.717) is 9.87 Å². The summed E-state index contributed by atoms with van der Waals surface area (Å²) in [5.74, 6) is -2.80. The van der Waals surface area contributed by atoms with Crippen molar-refractivity contribution in [1.29, 1.82) is 0 Å². The van der Waals surface area contributed by atoms with Crippen LogP contribution in [0.15, 0.2) is 23.6 Å². The van der Waals surface area contributed by atoms with Gasteiger partial charge in [-0.1, -0.05) is 16.6 Å². The number of benzene rings is 1. The van der Waals surface area contributed by atoms with Gasteiger partial charge in [0, 0.05) is 30.7 Å². The molecule has 5 N–H and O–H groups in total. The van der Waals surface area contributed by atoms with Crippen molar-refractivity contribution in [3.8, 4) is 5.75 Å². The van der Waals surface area contributed by atoms with Gasteiger partial charge in [0.25, 0.3) is 0 Å². The third kappa shape index (κ3) is 5.01. The van der Waals surface area contributed by atoms with Crippen molar-refractivity contribution in [2.24, 2.45) is 0 Å². The Kier molecular flexibility index (Phi) is 7.19. The smallest absolute Gasteiger partial charge is 0.526 e. The Morgan fingerprint density at radius 2 is 2.08 bits per heavy atom. The molecule has 0 spiro atoms. The summed E-state index contributed by atoms with van der Waals surface area (Å²) in [5, 5.41) is 30.9. The molecule has 14 nitrogen and oxygen atoms in total. The van der Waals surface area contributed by atoms with Gasteiger partial charge in [0.1, 0.15) is 11.4 Å². The number of carboxylic acids is 1. The van der Waals surface area contributed by atoms with Crippen molar-refractivity contribution in [3.63, 3.8) is 0 Å². The van der Waals surface area contributed by atoms with Crippen LogP contribution in [0.2, 0.25) is 5.82 Å². The van der Waals surface area contributed by atoms with Gasteiger partial charge in [-0.05, 0) is 24.5 Å². The number of aromatic carboxylic acids is 1. The summed E-state index contributed by atoms with van der Waals surface area (Å²) >= 11 is 0.968. The molecule has 0 saturated carbocycles. The van der Waals surface area contributed by atoms with Gasteiger partial charge < -0.3 is 25.3 Å². The number of ketones is 1. The van der Waals surface area contributed by atoms with E-state index in [1.165, 1.54) is 17.5 Å². The highest BCUT2D eigenvalue weighted by atomic mass is 32.2. The van der Waals surface area contributed by atoms with E-state index in [2.05, 4.69) is 4.98 Å². The fraction of sp³-hybridized carbons (Fsp3) is 0.368. The maximum atomic E-state index is 13.3. The summed E-state index contributed by atoms with van der Waals surface area (Å²) in [6.45, 7) is -0.474. The van der Waals surface area contributed by atoms with Crippen LogP contribution in [0.3, 0.4) is 0 Å². The third-order valence-corrected chi connectivity index (χ3v) is 7.99. The molecule has 1 unspecified atom stereocenters. The highest BCUT2D eigenvalue weighted by Gasteiger charge is 2.42. The molecule has 36 heavy (non-hydrogen) atoms. The standard InChI is InChI=1S/C19H21BN4O10S2/c21-18-22-13(9-35-18)16(33-19(28)23-5-2-6-24(30)36(23,31)32)14(25)8-11-7-10-3-1-4-12(17(26)27)15(10)34-20(11)29/h1,3-4,9,11,16,29-30H,2,5-8H2,(H2,21,22)(H,26,27)/t11-,16?/m1/s1. The maximum absolute atomic E-state index is 13.3. The quantitative estimate of drug-likeness (QED) is 0.373. The fourth-order valence-electron chi connectivity index (χ4n) is 3.94. The number of anilines is 1. The number of nitrogens with two attached hydrogens (primary N) is 1. The summed E-state index contributed by atoms with van der Waals surface area (Å²) in [5.41, 5.74) is 5.94. The molecule has 4 rings (SSSR count). The zero-order valence-corrected chi connectivity index (χ0v) is 20.1. The highest BCUT2D eigenvalue weighted by molar-refractivity contribution is 7.87. The molecular weight excluding hydrogens is 519 g/mol. The van der Waals surface area contributed by atoms with Crippen LogP contribution in [0.4, 0.5) is 9.93 Å². The number of nitrogen functional groups attached to an aromatic ring is 1. The zero-order chi connectivity index (χ0) is 26.2. The second kappa shape index (κ2) is 10.0. The van der Waals surface area contributed by atoms with E-state index in [0.717, 1.165) is 11.3 Å². The molecule has 2 aliphatic rings. The first-order valence-corrected chi connectivity index (χ1v) is 12.9. The minimum absolute atomic E-state index is 0.000291. The predicted octanol–water partition coefficient (Wildman–Crippen LogP) is 0.688. The molecule has 1 aromatic carbocycles. The number of nitrogens with zero attached hydrogens (tertiary/aromatic N) is 3.